The lowest BCUT2D eigenvalue weighted by Crippen LogP contribution is -2.43. The fraction of sp³-hybridized carbons (Fsp3) is 0.565. The molecule has 0 amide bonds. The number of aliphatic hydroxyl groups excluding tert-OH is 1. The average molecular weight is 481 g/mol. The molecule has 1 aromatic carbocycles. The highest BCUT2D eigenvalue weighted by Gasteiger charge is 2.38. The van der Waals surface area contributed by atoms with Crippen molar-refractivity contribution >= 4 is 0 Å². The van der Waals surface area contributed by atoms with Crippen molar-refractivity contribution < 1.29 is 40.9 Å². The molecule has 0 spiro atoms. The maximum Gasteiger partial charge on any atom is 0.573 e. The van der Waals surface area contributed by atoms with E-state index < -0.39 is 23.7 Å². The molecule has 3 N–H and O–H groups in total. The first-order valence-electron chi connectivity index (χ1n) is 10.7. The summed E-state index contributed by atoms with van der Waals surface area (Å²) in [6.07, 6.45) is -5.57. The molecule has 1 aromatic rings. The summed E-state index contributed by atoms with van der Waals surface area (Å²) in [5, 5.41) is 9.39. The van der Waals surface area contributed by atoms with Crippen LogP contribution in [0.4, 0.5) is 26.3 Å². The van der Waals surface area contributed by atoms with Crippen molar-refractivity contribution in [2.45, 2.75) is 69.9 Å². The number of aryl methyl sites for hydroxylation is 1. The number of rotatable bonds is 11. The zero-order valence-corrected chi connectivity index (χ0v) is 18.4. The van der Waals surface area contributed by atoms with Crippen molar-refractivity contribution in [3.05, 3.63) is 52.8 Å². The molecule has 0 saturated heterocycles. The Bertz CT molecular complexity index is 824. The third-order valence-corrected chi connectivity index (χ3v) is 5.63. The molecule has 0 unspecified atom stereocenters. The van der Waals surface area contributed by atoms with Gasteiger partial charge in [0.25, 0.3) is 0 Å². The molecule has 0 heterocycles. The number of aliphatic hydroxyl groups is 1. The molecule has 1 atom stereocenters. The van der Waals surface area contributed by atoms with Gasteiger partial charge in [0.2, 0.25) is 0 Å². The summed E-state index contributed by atoms with van der Waals surface area (Å²) in [7, 11) is 0. The van der Waals surface area contributed by atoms with Crippen LogP contribution in [0, 0.1) is 0 Å². The van der Waals surface area contributed by atoms with Crippen LogP contribution in [0.25, 0.3) is 0 Å². The van der Waals surface area contributed by atoms with E-state index in [0.717, 1.165) is 6.08 Å². The van der Waals surface area contributed by atoms with Crippen LogP contribution >= 0.6 is 0 Å². The Morgan fingerprint density at radius 3 is 2.21 bits per heavy atom. The SMILES string of the molecule is CC[C@](N)(CO)CCC1=CC(C(F)(F)F)=C(OCCCc2ccc(OC(F)(F)F)cc2)CC1. The largest absolute Gasteiger partial charge is 0.573 e. The summed E-state index contributed by atoms with van der Waals surface area (Å²) >= 11 is 0. The second kappa shape index (κ2) is 11.3. The minimum absolute atomic E-state index is 0.0468. The maximum atomic E-state index is 13.6. The molecule has 186 valence electrons. The molecule has 0 bridgehead atoms. The Morgan fingerprint density at radius 2 is 1.67 bits per heavy atom. The fourth-order valence-electron chi connectivity index (χ4n) is 3.46. The predicted molar refractivity (Wildman–Crippen MR) is 111 cm³/mol. The lowest BCUT2D eigenvalue weighted by atomic mass is 9.87. The average Bonchev–Trinajstić information content (AvgIpc) is 2.75. The number of allylic oxidation sites excluding steroid dienone is 4. The first kappa shape index (κ1) is 27.0. The predicted octanol–water partition coefficient (Wildman–Crippen LogP) is 5.95. The summed E-state index contributed by atoms with van der Waals surface area (Å²) in [6, 6.07) is 5.31. The molecule has 4 nitrogen and oxygen atoms in total. The number of halogens is 6. The van der Waals surface area contributed by atoms with Crippen molar-refractivity contribution in [1.82, 2.24) is 0 Å². The van der Waals surface area contributed by atoms with Crippen molar-refractivity contribution in [1.29, 1.82) is 0 Å². The van der Waals surface area contributed by atoms with Gasteiger partial charge in [-0.2, -0.15) is 13.2 Å². The van der Waals surface area contributed by atoms with E-state index in [4.69, 9.17) is 10.5 Å². The molecule has 2 rings (SSSR count). The highest BCUT2D eigenvalue weighted by atomic mass is 19.4. The van der Waals surface area contributed by atoms with E-state index >= 15 is 0 Å². The van der Waals surface area contributed by atoms with Gasteiger partial charge < -0.3 is 20.3 Å². The monoisotopic (exact) mass is 481 g/mol. The van der Waals surface area contributed by atoms with Gasteiger partial charge in [-0.15, -0.1) is 13.2 Å². The van der Waals surface area contributed by atoms with Gasteiger partial charge in [-0.1, -0.05) is 24.6 Å². The highest BCUT2D eigenvalue weighted by Crippen LogP contribution is 2.38. The Balaban J connectivity index is 1.93. The van der Waals surface area contributed by atoms with Crippen LogP contribution in [-0.2, 0) is 11.2 Å². The Labute approximate surface area is 189 Å². The van der Waals surface area contributed by atoms with Gasteiger partial charge in [0, 0.05) is 12.0 Å². The van der Waals surface area contributed by atoms with Crippen LogP contribution in [0.5, 0.6) is 5.75 Å². The summed E-state index contributed by atoms with van der Waals surface area (Å²) in [5.41, 5.74) is 5.75. The zero-order chi connectivity index (χ0) is 24.7. The van der Waals surface area contributed by atoms with Crippen molar-refractivity contribution in [3.63, 3.8) is 0 Å². The minimum Gasteiger partial charge on any atom is -0.497 e. The molecule has 33 heavy (non-hydrogen) atoms. The Morgan fingerprint density at radius 1 is 1.00 bits per heavy atom. The van der Waals surface area contributed by atoms with E-state index in [1.54, 1.807) is 0 Å². The van der Waals surface area contributed by atoms with Gasteiger partial charge in [0.1, 0.15) is 11.5 Å². The third-order valence-electron chi connectivity index (χ3n) is 5.63. The molecule has 1 aliphatic rings. The lowest BCUT2D eigenvalue weighted by molar-refractivity contribution is -0.274. The summed E-state index contributed by atoms with van der Waals surface area (Å²) in [5.74, 6) is -0.450. The second-order valence-electron chi connectivity index (χ2n) is 8.16. The van der Waals surface area contributed by atoms with E-state index in [1.165, 1.54) is 24.3 Å². The quantitative estimate of drug-likeness (QED) is 0.303. The third kappa shape index (κ3) is 8.92. The van der Waals surface area contributed by atoms with Crippen LogP contribution in [0.1, 0.15) is 51.0 Å². The van der Waals surface area contributed by atoms with Crippen LogP contribution in [0.2, 0.25) is 0 Å². The van der Waals surface area contributed by atoms with Gasteiger partial charge in [0.05, 0.1) is 18.8 Å². The standard InChI is InChI=1S/C23H29F6NO3/c1-2-21(30,15-31)12-11-17-7-10-20(19(14-17)22(24,25)26)32-13-3-4-16-5-8-18(9-6-16)33-23(27,28)29/h5-6,8-9,14,31H,2-4,7,10-13,15,30H2,1H3/t21-/m1/s1. The second-order valence-corrected chi connectivity index (χ2v) is 8.16. The van der Waals surface area contributed by atoms with E-state index in [2.05, 4.69) is 4.74 Å². The summed E-state index contributed by atoms with van der Waals surface area (Å²) < 4.78 is 86.5. The fourth-order valence-corrected chi connectivity index (χ4v) is 3.46. The van der Waals surface area contributed by atoms with Crippen molar-refractivity contribution in [2.24, 2.45) is 5.73 Å². The number of alkyl halides is 6. The highest BCUT2D eigenvalue weighted by molar-refractivity contribution is 5.35. The smallest absolute Gasteiger partial charge is 0.497 e. The maximum absolute atomic E-state index is 13.6. The molecular weight excluding hydrogens is 452 g/mol. The molecule has 0 radical (unpaired) electrons. The van der Waals surface area contributed by atoms with Gasteiger partial charge in [-0.05, 0) is 62.3 Å². The van der Waals surface area contributed by atoms with E-state index in [1.807, 2.05) is 6.92 Å². The number of benzene rings is 1. The molecule has 0 fully saturated rings. The van der Waals surface area contributed by atoms with E-state index in [9.17, 15) is 31.4 Å². The van der Waals surface area contributed by atoms with Crippen LogP contribution in [-0.4, -0.2) is 36.4 Å². The van der Waals surface area contributed by atoms with Crippen LogP contribution < -0.4 is 10.5 Å². The molecule has 0 aromatic heterocycles. The van der Waals surface area contributed by atoms with Crippen molar-refractivity contribution in [2.75, 3.05) is 13.2 Å². The van der Waals surface area contributed by atoms with E-state index in [-0.39, 0.29) is 31.1 Å². The van der Waals surface area contributed by atoms with Gasteiger partial charge in [0.15, 0.2) is 0 Å². The number of hydrogen-bond donors (Lipinski definition) is 2. The zero-order valence-electron chi connectivity index (χ0n) is 18.4. The Hall–Kier alpha value is -2.20. The normalized spacial score (nSPS) is 16.9. The van der Waals surface area contributed by atoms with Gasteiger partial charge in [-0.3, -0.25) is 0 Å². The first-order valence-corrected chi connectivity index (χ1v) is 10.7. The molecule has 10 heteroatoms. The molecule has 1 aliphatic carbocycles. The molecule has 0 saturated carbocycles. The summed E-state index contributed by atoms with van der Waals surface area (Å²) in [4.78, 5) is 0. The van der Waals surface area contributed by atoms with E-state index in [0.29, 0.717) is 49.7 Å². The number of hydrogen-bond acceptors (Lipinski definition) is 4. The summed E-state index contributed by atoms with van der Waals surface area (Å²) in [6.45, 7) is 1.64. The van der Waals surface area contributed by atoms with Gasteiger partial charge in [-0.25, -0.2) is 0 Å². The molecular formula is C23H29F6NO3. The number of ether oxygens (including phenoxy) is 2. The van der Waals surface area contributed by atoms with Crippen LogP contribution in [0.3, 0.4) is 0 Å². The number of nitrogens with two attached hydrogens (primary N) is 1. The molecule has 0 aliphatic heterocycles. The Kier molecular flexibility index (Phi) is 9.25. The first-order chi connectivity index (χ1) is 15.3. The van der Waals surface area contributed by atoms with Crippen LogP contribution in [0.15, 0.2) is 47.2 Å². The topological polar surface area (TPSA) is 64.7 Å². The minimum atomic E-state index is -4.77. The van der Waals surface area contributed by atoms with Gasteiger partial charge >= 0.3 is 12.5 Å². The lowest BCUT2D eigenvalue weighted by Gasteiger charge is -2.27. The van der Waals surface area contributed by atoms with Crippen molar-refractivity contribution in [3.8, 4) is 5.75 Å².